The predicted octanol–water partition coefficient (Wildman–Crippen LogP) is 3.38. The van der Waals surface area contributed by atoms with Gasteiger partial charge in [0.2, 0.25) is 0 Å². The van der Waals surface area contributed by atoms with Gasteiger partial charge in [-0.05, 0) is 73.7 Å². The summed E-state index contributed by atoms with van der Waals surface area (Å²) in [6.45, 7) is 2.45. The molecule has 0 aromatic heterocycles. The number of hydrogen-bond acceptors (Lipinski definition) is 3. The first-order chi connectivity index (χ1) is 12.1. The molecule has 0 bridgehead atoms. The Balaban J connectivity index is 1.51. The highest BCUT2D eigenvalue weighted by atomic mass is 16.5. The summed E-state index contributed by atoms with van der Waals surface area (Å²) >= 11 is 0. The Morgan fingerprint density at radius 3 is 2.60 bits per heavy atom. The normalized spacial score (nSPS) is 14.7. The van der Waals surface area contributed by atoms with E-state index in [-0.39, 0.29) is 6.10 Å². The van der Waals surface area contributed by atoms with E-state index in [0.29, 0.717) is 12.5 Å². The summed E-state index contributed by atoms with van der Waals surface area (Å²) in [5, 5.41) is 3.16. The molecule has 5 heteroatoms. The Kier molecular flexibility index (Phi) is 5.43. The first-order valence-corrected chi connectivity index (χ1v) is 8.63. The van der Waals surface area contributed by atoms with Crippen molar-refractivity contribution in [1.82, 2.24) is 0 Å². The van der Waals surface area contributed by atoms with Gasteiger partial charge < -0.3 is 20.5 Å². The smallest absolute Gasteiger partial charge is 0.193 e. The zero-order valence-corrected chi connectivity index (χ0v) is 14.8. The van der Waals surface area contributed by atoms with E-state index >= 15 is 0 Å². The minimum absolute atomic E-state index is 0.0752. The van der Waals surface area contributed by atoms with Crippen LogP contribution >= 0.6 is 0 Å². The molecule has 1 aliphatic rings. The summed E-state index contributed by atoms with van der Waals surface area (Å²) < 4.78 is 11.0. The topological polar surface area (TPSA) is 68.9 Å². The van der Waals surface area contributed by atoms with Crippen LogP contribution in [0.3, 0.4) is 0 Å². The van der Waals surface area contributed by atoms with Crippen molar-refractivity contribution in [3.05, 3.63) is 53.6 Å². The molecule has 1 aliphatic carbocycles. The minimum atomic E-state index is -0.0752. The summed E-state index contributed by atoms with van der Waals surface area (Å²) in [7, 11) is 1.64. The van der Waals surface area contributed by atoms with Crippen molar-refractivity contribution in [1.29, 1.82) is 0 Å². The second kappa shape index (κ2) is 7.92. The molecule has 2 aromatic carbocycles. The van der Waals surface area contributed by atoms with Crippen LogP contribution < -0.4 is 20.5 Å². The zero-order valence-electron chi connectivity index (χ0n) is 14.8. The highest BCUT2D eigenvalue weighted by Crippen LogP contribution is 2.24. The van der Waals surface area contributed by atoms with E-state index < -0.39 is 0 Å². The van der Waals surface area contributed by atoms with Crippen LogP contribution in [0.1, 0.15) is 24.5 Å². The number of fused-ring (bicyclic) bond motifs is 1. The molecule has 0 radical (unpaired) electrons. The van der Waals surface area contributed by atoms with Gasteiger partial charge in [0.25, 0.3) is 0 Å². The van der Waals surface area contributed by atoms with E-state index in [1.807, 2.05) is 31.2 Å². The summed E-state index contributed by atoms with van der Waals surface area (Å²) in [6.07, 6.45) is 3.49. The monoisotopic (exact) mass is 339 g/mol. The number of hydrogen-bond donors (Lipinski definition) is 2. The van der Waals surface area contributed by atoms with Gasteiger partial charge in [0.05, 0.1) is 13.7 Å². The number of aliphatic imine (C=N–C) groups is 1. The van der Waals surface area contributed by atoms with Gasteiger partial charge in [0.15, 0.2) is 5.96 Å². The van der Waals surface area contributed by atoms with Crippen LogP contribution in [0.5, 0.6) is 11.5 Å². The first-order valence-electron chi connectivity index (χ1n) is 8.63. The molecular formula is C20H25N3O2. The van der Waals surface area contributed by atoms with Crippen LogP contribution in [0.2, 0.25) is 0 Å². The lowest BCUT2D eigenvalue weighted by molar-refractivity contribution is 0.230. The lowest BCUT2D eigenvalue weighted by Crippen LogP contribution is -2.25. The maximum absolute atomic E-state index is 6.00. The number of anilines is 1. The summed E-state index contributed by atoms with van der Waals surface area (Å²) in [6, 6.07) is 13.9. The fourth-order valence-corrected chi connectivity index (χ4v) is 2.99. The number of benzene rings is 2. The van der Waals surface area contributed by atoms with Crippen molar-refractivity contribution in [2.24, 2.45) is 10.7 Å². The molecule has 2 aromatic rings. The van der Waals surface area contributed by atoms with Crippen molar-refractivity contribution in [3.63, 3.8) is 0 Å². The predicted molar refractivity (Wildman–Crippen MR) is 102 cm³/mol. The molecule has 0 fully saturated rings. The van der Waals surface area contributed by atoms with Gasteiger partial charge in [-0.1, -0.05) is 6.07 Å². The fourth-order valence-electron chi connectivity index (χ4n) is 2.99. The Morgan fingerprint density at radius 1 is 1.12 bits per heavy atom. The third kappa shape index (κ3) is 4.66. The molecule has 0 saturated heterocycles. The summed E-state index contributed by atoms with van der Waals surface area (Å²) in [5.41, 5.74) is 9.85. The van der Waals surface area contributed by atoms with Crippen molar-refractivity contribution in [2.45, 2.75) is 32.3 Å². The van der Waals surface area contributed by atoms with Gasteiger partial charge >= 0.3 is 0 Å². The lowest BCUT2D eigenvalue weighted by Gasteiger charge is -2.14. The zero-order chi connectivity index (χ0) is 17.6. The van der Waals surface area contributed by atoms with Gasteiger partial charge in [-0.25, -0.2) is 4.99 Å². The van der Waals surface area contributed by atoms with Crippen molar-refractivity contribution >= 4 is 11.6 Å². The van der Waals surface area contributed by atoms with Crippen molar-refractivity contribution in [3.8, 4) is 11.5 Å². The molecule has 3 rings (SSSR count). The Morgan fingerprint density at radius 2 is 1.84 bits per heavy atom. The van der Waals surface area contributed by atoms with E-state index in [1.54, 1.807) is 7.11 Å². The number of nitrogens with zero attached hydrogens (tertiary/aromatic N) is 1. The number of nitrogens with two attached hydrogens (primary N) is 1. The van der Waals surface area contributed by atoms with E-state index in [1.165, 1.54) is 24.0 Å². The molecule has 0 saturated carbocycles. The maximum Gasteiger partial charge on any atom is 0.193 e. The average Bonchev–Trinajstić information content (AvgIpc) is 3.08. The first kappa shape index (κ1) is 17.1. The summed E-state index contributed by atoms with van der Waals surface area (Å²) in [4.78, 5) is 4.38. The second-order valence-corrected chi connectivity index (χ2v) is 6.29. The van der Waals surface area contributed by atoms with Gasteiger partial charge in [0.1, 0.15) is 17.6 Å². The van der Waals surface area contributed by atoms with E-state index in [4.69, 9.17) is 15.2 Å². The number of methoxy groups -OCH3 is 1. The Bertz CT molecular complexity index is 741. The molecule has 0 heterocycles. The van der Waals surface area contributed by atoms with E-state index in [2.05, 4.69) is 28.5 Å². The van der Waals surface area contributed by atoms with Crippen LogP contribution in [-0.2, 0) is 12.8 Å². The second-order valence-electron chi connectivity index (χ2n) is 6.29. The highest BCUT2D eigenvalue weighted by Gasteiger charge is 2.11. The SMILES string of the molecule is COc1ccc(OC(C)CN=C(N)Nc2ccc3c(c2)CCC3)cc1. The van der Waals surface area contributed by atoms with Crippen LogP contribution in [0.15, 0.2) is 47.5 Å². The fraction of sp³-hybridized carbons (Fsp3) is 0.350. The highest BCUT2D eigenvalue weighted by molar-refractivity contribution is 5.92. The quantitative estimate of drug-likeness (QED) is 0.625. The molecule has 5 nitrogen and oxygen atoms in total. The van der Waals surface area contributed by atoms with Crippen LogP contribution in [0, 0.1) is 0 Å². The largest absolute Gasteiger partial charge is 0.497 e. The lowest BCUT2D eigenvalue weighted by atomic mass is 10.1. The molecular weight excluding hydrogens is 314 g/mol. The van der Waals surface area contributed by atoms with Gasteiger partial charge in [0, 0.05) is 5.69 Å². The minimum Gasteiger partial charge on any atom is -0.497 e. The standard InChI is InChI=1S/C20H25N3O2/c1-14(25-19-10-8-18(24-2)9-11-19)13-22-20(21)23-17-7-6-15-4-3-5-16(15)12-17/h6-12,14H,3-5,13H2,1-2H3,(H3,21,22,23). The maximum atomic E-state index is 6.00. The molecule has 0 aliphatic heterocycles. The molecule has 1 unspecified atom stereocenters. The molecule has 0 amide bonds. The third-order valence-electron chi connectivity index (χ3n) is 4.29. The van der Waals surface area contributed by atoms with Crippen LogP contribution in [0.25, 0.3) is 0 Å². The van der Waals surface area contributed by atoms with Crippen LogP contribution in [0.4, 0.5) is 5.69 Å². The Labute approximate surface area is 148 Å². The van der Waals surface area contributed by atoms with E-state index in [9.17, 15) is 0 Å². The number of guanidine groups is 1. The average molecular weight is 339 g/mol. The van der Waals surface area contributed by atoms with Crippen molar-refractivity contribution < 1.29 is 9.47 Å². The number of ether oxygens (including phenoxy) is 2. The number of nitrogens with one attached hydrogen (secondary N) is 1. The van der Waals surface area contributed by atoms with Gasteiger partial charge in [-0.15, -0.1) is 0 Å². The van der Waals surface area contributed by atoms with Crippen LogP contribution in [-0.4, -0.2) is 25.7 Å². The van der Waals surface area contributed by atoms with Gasteiger partial charge in [-0.2, -0.15) is 0 Å². The molecule has 132 valence electrons. The van der Waals surface area contributed by atoms with E-state index in [0.717, 1.165) is 23.6 Å². The van der Waals surface area contributed by atoms with Gasteiger partial charge in [-0.3, -0.25) is 0 Å². The molecule has 25 heavy (non-hydrogen) atoms. The molecule has 1 atom stereocenters. The molecule has 0 spiro atoms. The summed E-state index contributed by atoms with van der Waals surface area (Å²) in [5.74, 6) is 2.00. The van der Waals surface area contributed by atoms with Crippen molar-refractivity contribution in [2.75, 3.05) is 19.0 Å². The third-order valence-corrected chi connectivity index (χ3v) is 4.29. The molecule has 3 N–H and O–H groups in total. The number of rotatable bonds is 6. The Hall–Kier alpha value is -2.69. The number of aryl methyl sites for hydroxylation is 2.